The van der Waals surface area contributed by atoms with Crippen molar-refractivity contribution in [3.8, 4) is 11.9 Å². The van der Waals surface area contributed by atoms with Crippen LogP contribution in [0.15, 0.2) is 41.6 Å². The van der Waals surface area contributed by atoms with Crippen LogP contribution in [0.5, 0.6) is 5.88 Å². The Labute approximate surface area is 166 Å². The molecule has 0 saturated carbocycles. The molecular weight excluding hydrogens is 376 g/mol. The number of ether oxygens (including phenoxy) is 1. The lowest BCUT2D eigenvalue weighted by Gasteiger charge is -2.32. The summed E-state index contributed by atoms with van der Waals surface area (Å²) in [5.74, 6) is 0.142. The van der Waals surface area contributed by atoms with Crippen molar-refractivity contribution in [2.24, 2.45) is 0 Å². The van der Waals surface area contributed by atoms with Crippen LogP contribution in [0.1, 0.15) is 44.9 Å². The Kier molecular flexibility index (Phi) is 5.68. The van der Waals surface area contributed by atoms with Gasteiger partial charge in [0, 0.05) is 18.9 Å². The highest BCUT2D eigenvalue weighted by atomic mass is 32.2. The van der Waals surface area contributed by atoms with Gasteiger partial charge in [-0.3, -0.25) is 0 Å². The van der Waals surface area contributed by atoms with Crippen molar-refractivity contribution >= 4 is 10.0 Å². The Balaban J connectivity index is 1.76. The van der Waals surface area contributed by atoms with Crippen LogP contribution < -0.4 is 4.74 Å². The van der Waals surface area contributed by atoms with E-state index in [1.807, 2.05) is 18.2 Å². The molecule has 1 atom stereocenters. The van der Waals surface area contributed by atoms with Gasteiger partial charge < -0.3 is 4.74 Å². The van der Waals surface area contributed by atoms with E-state index in [-0.39, 0.29) is 34.5 Å². The Hall–Kier alpha value is -2.50. The van der Waals surface area contributed by atoms with E-state index in [4.69, 9.17) is 10.00 Å². The predicted octanol–water partition coefficient (Wildman–Crippen LogP) is 2.88. The van der Waals surface area contributed by atoms with Gasteiger partial charge in [0.2, 0.25) is 15.7 Å². The van der Waals surface area contributed by atoms with E-state index in [0.29, 0.717) is 19.4 Å². The van der Waals surface area contributed by atoms with Gasteiger partial charge in [0.15, 0.2) is 0 Å². The Bertz CT molecular complexity index is 976. The molecule has 0 N–H and O–H groups in total. The summed E-state index contributed by atoms with van der Waals surface area (Å²) in [5.41, 5.74) is 1.14. The first-order valence-corrected chi connectivity index (χ1v) is 10.6. The topological polar surface area (TPSA) is 96.2 Å². The van der Waals surface area contributed by atoms with Gasteiger partial charge in [-0.1, -0.05) is 32.9 Å². The van der Waals surface area contributed by atoms with Crippen molar-refractivity contribution in [1.29, 1.82) is 5.26 Å². The summed E-state index contributed by atoms with van der Waals surface area (Å²) in [6, 6.07) is 9.00. The van der Waals surface area contributed by atoms with Gasteiger partial charge in [-0.25, -0.2) is 18.4 Å². The van der Waals surface area contributed by atoms with Gasteiger partial charge >= 0.3 is 0 Å². The zero-order valence-corrected chi connectivity index (χ0v) is 17.1. The first-order valence-electron chi connectivity index (χ1n) is 9.20. The smallest absolute Gasteiger partial charge is 0.251 e. The van der Waals surface area contributed by atoms with Crippen molar-refractivity contribution in [1.82, 2.24) is 14.3 Å². The quantitative estimate of drug-likeness (QED) is 0.783. The Morgan fingerprint density at radius 2 is 1.86 bits per heavy atom. The summed E-state index contributed by atoms with van der Waals surface area (Å²) >= 11 is 0. The van der Waals surface area contributed by atoms with E-state index < -0.39 is 10.0 Å². The zero-order valence-electron chi connectivity index (χ0n) is 16.3. The van der Waals surface area contributed by atoms with Gasteiger partial charge in [0.25, 0.3) is 5.88 Å². The molecule has 0 aliphatic carbocycles. The van der Waals surface area contributed by atoms with E-state index in [1.165, 1.54) is 16.7 Å². The largest absolute Gasteiger partial charge is 0.471 e. The fraction of sp³-hybridized carbons (Fsp3) is 0.450. The maximum absolute atomic E-state index is 13.1. The molecule has 2 aromatic rings. The summed E-state index contributed by atoms with van der Waals surface area (Å²) in [6.45, 7) is 6.92. The molecule has 1 aliphatic heterocycles. The maximum atomic E-state index is 13.1. The highest BCUT2D eigenvalue weighted by Gasteiger charge is 2.32. The number of rotatable bonds is 4. The van der Waals surface area contributed by atoms with Gasteiger partial charge in [-0.15, -0.1) is 0 Å². The van der Waals surface area contributed by atoms with Crippen LogP contribution >= 0.6 is 0 Å². The van der Waals surface area contributed by atoms with Crippen LogP contribution in [0.4, 0.5) is 0 Å². The number of sulfonamides is 1. The lowest BCUT2D eigenvalue weighted by atomic mass is 9.87. The fourth-order valence-corrected chi connectivity index (χ4v) is 4.65. The minimum atomic E-state index is -3.61. The van der Waals surface area contributed by atoms with Crippen molar-refractivity contribution in [2.45, 2.75) is 50.0 Å². The molecule has 2 heterocycles. The second kappa shape index (κ2) is 7.86. The van der Waals surface area contributed by atoms with Crippen LogP contribution in [0, 0.1) is 11.3 Å². The third kappa shape index (κ3) is 4.32. The summed E-state index contributed by atoms with van der Waals surface area (Å²) in [4.78, 5) is 8.25. The molecule has 148 valence electrons. The molecule has 1 unspecified atom stereocenters. The zero-order chi connectivity index (χ0) is 20.4. The molecule has 1 fully saturated rings. The van der Waals surface area contributed by atoms with Crippen LogP contribution in [-0.4, -0.2) is 41.9 Å². The molecule has 3 rings (SSSR count). The molecule has 0 bridgehead atoms. The van der Waals surface area contributed by atoms with Crippen molar-refractivity contribution < 1.29 is 13.2 Å². The van der Waals surface area contributed by atoms with E-state index in [1.54, 1.807) is 12.1 Å². The van der Waals surface area contributed by atoms with E-state index >= 15 is 0 Å². The van der Waals surface area contributed by atoms with Gasteiger partial charge in [-0.2, -0.15) is 9.57 Å². The number of nitrogens with zero attached hydrogens (tertiary/aromatic N) is 4. The van der Waals surface area contributed by atoms with Crippen molar-refractivity contribution in [3.05, 3.63) is 47.9 Å². The van der Waals surface area contributed by atoms with Crippen LogP contribution in [0.2, 0.25) is 0 Å². The minimum Gasteiger partial charge on any atom is -0.471 e. The number of aromatic nitrogens is 2. The van der Waals surface area contributed by atoms with E-state index in [0.717, 1.165) is 5.56 Å². The third-order valence-corrected chi connectivity index (χ3v) is 6.63. The Morgan fingerprint density at radius 3 is 2.50 bits per heavy atom. The molecule has 8 heteroatoms. The molecule has 0 radical (unpaired) electrons. The number of hydrogen-bond acceptors (Lipinski definition) is 6. The lowest BCUT2D eigenvalue weighted by Crippen LogP contribution is -2.44. The number of benzene rings is 1. The number of hydrogen-bond donors (Lipinski definition) is 0. The minimum absolute atomic E-state index is 0.0402. The summed E-state index contributed by atoms with van der Waals surface area (Å²) in [5, 5.41) is 9.12. The maximum Gasteiger partial charge on any atom is 0.251 e. The second-order valence-electron chi connectivity index (χ2n) is 7.84. The standard InChI is InChI=1S/C20H24N4O3S/c1-20(2,3)15-6-8-17(9-7-15)28(25,26)24-12-4-5-16(14-24)27-19-18(13-21)22-10-11-23-19/h6-11,16H,4-5,12,14H2,1-3H3. The number of nitriles is 1. The molecule has 0 spiro atoms. The molecule has 7 nitrogen and oxygen atoms in total. The van der Waals surface area contributed by atoms with Gasteiger partial charge in [0.1, 0.15) is 12.2 Å². The molecule has 1 aromatic carbocycles. The normalized spacial score (nSPS) is 18.4. The summed E-state index contributed by atoms with van der Waals surface area (Å²) < 4.78 is 33.4. The number of piperidine rings is 1. The molecular formula is C20H24N4O3S. The fourth-order valence-electron chi connectivity index (χ4n) is 3.14. The predicted molar refractivity (Wildman–Crippen MR) is 104 cm³/mol. The highest BCUT2D eigenvalue weighted by Crippen LogP contribution is 2.27. The van der Waals surface area contributed by atoms with Gasteiger partial charge in [0.05, 0.1) is 11.4 Å². The van der Waals surface area contributed by atoms with Gasteiger partial charge in [-0.05, 0) is 36.0 Å². The monoisotopic (exact) mass is 400 g/mol. The van der Waals surface area contributed by atoms with Crippen molar-refractivity contribution in [3.63, 3.8) is 0 Å². The summed E-state index contributed by atoms with van der Waals surface area (Å²) in [6.07, 6.45) is 3.86. The first-order chi connectivity index (χ1) is 13.2. The SMILES string of the molecule is CC(C)(C)c1ccc(S(=O)(=O)N2CCCC(Oc3nccnc3C#N)C2)cc1. The second-order valence-corrected chi connectivity index (χ2v) is 9.78. The Morgan fingerprint density at radius 1 is 1.18 bits per heavy atom. The molecule has 28 heavy (non-hydrogen) atoms. The molecule has 0 amide bonds. The average molecular weight is 401 g/mol. The summed E-state index contributed by atoms with van der Waals surface area (Å²) in [7, 11) is -3.61. The van der Waals surface area contributed by atoms with Crippen LogP contribution in [0.25, 0.3) is 0 Å². The molecule has 1 aromatic heterocycles. The van der Waals surface area contributed by atoms with Crippen LogP contribution in [-0.2, 0) is 15.4 Å². The van der Waals surface area contributed by atoms with E-state index in [2.05, 4.69) is 30.7 Å². The lowest BCUT2D eigenvalue weighted by molar-refractivity contribution is 0.124. The third-order valence-electron chi connectivity index (χ3n) is 4.75. The van der Waals surface area contributed by atoms with E-state index in [9.17, 15) is 8.42 Å². The molecule has 1 saturated heterocycles. The van der Waals surface area contributed by atoms with Crippen molar-refractivity contribution in [2.75, 3.05) is 13.1 Å². The first kappa shape index (κ1) is 20.2. The highest BCUT2D eigenvalue weighted by molar-refractivity contribution is 7.89. The van der Waals surface area contributed by atoms with Crippen LogP contribution in [0.3, 0.4) is 0 Å². The molecule has 1 aliphatic rings. The average Bonchev–Trinajstić information content (AvgIpc) is 2.68.